The number of unbranched alkanes of at least 4 members (excludes halogenated alkanes) is 1. The van der Waals surface area contributed by atoms with Crippen LogP contribution in [0.2, 0.25) is 0 Å². The molecular formula is C21H38IN5. The zero-order valence-corrected chi connectivity index (χ0v) is 19.6. The lowest BCUT2D eigenvalue weighted by molar-refractivity contribution is 0.126. The zero-order valence-electron chi connectivity index (χ0n) is 17.3. The molecule has 2 rings (SSSR count). The molecule has 1 aliphatic rings. The van der Waals surface area contributed by atoms with Crippen LogP contribution in [0.1, 0.15) is 32.3 Å². The van der Waals surface area contributed by atoms with Crippen LogP contribution in [-0.4, -0.2) is 68.6 Å². The molecule has 5 nitrogen and oxygen atoms in total. The number of nitrogens with zero attached hydrogens (tertiary/aromatic N) is 3. The Morgan fingerprint density at radius 1 is 1.00 bits per heavy atom. The summed E-state index contributed by atoms with van der Waals surface area (Å²) in [6.07, 6.45) is 2.43. The van der Waals surface area contributed by atoms with Crippen LogP contribution in [0.5, 0.6) is 0 Å². The van der Waals surface area contributed by atoms with E-state index in [9.17, 15) is 0 Å². The highest BCUT2D eigenvalue weighted by atomic mass is 127. The Balaban J connectivity index is 0.00000364. The van der Waals surface area contributed by atoms with E-state index >= 15 is 0 Å². The Bertz CT molecular complexity index is 513. The second-order valence-corrected chi connectivity index (χ2v) is 7.58. The third-order valence-electron chi connectivity index (χ3n) is 4.81. The molecule has 0 aromatic heterocycles. The minimum Gasteiger partial charge on any atom is -0.356 e. The van der Waals surface area contributed by atoms with E-state index in [0.717, 1.165) is 25.6 Å². The molecule has 0 spiro atoms. The van der Waals surface area contributed by atoms with Gasteiger partial charge in [0.05, 0.1) is 0 Å². The first-order valence-corrected chi connectivity index (χ1v) is 10.1. The average molecular weight is 487 g/mol. The Kier molecular flexibility index (Phi) is 12.7. The molecule has 1 aromatic rings. The number of halogens is 1. The van der Waals surface area contributed by atoms with Gasteiger partial charge in [0.2, 0.25) is 0 Å². The molecule has 0 atom stereocenters. The minimum absolute atomic E-state index is 0. The van der Waals surface area contributed by atoms with Crippen molar-refractivity contribution in [2.45, 2.75) is 33.2 Å². The highest BCUT2D eigenvalue weighted by molar-refractivity contribution is 14.0. The molecule has 0 radical (unpaired) electrons. The van der Waals surface area contributed by atoms with Crippen LogP contribution in [0.25, 0.3) is 0 Å². The lowest BCUT2D eigenvalue weighted by atomic mass is 10.2. The number of benzene rings is 1. The fourth-order valence-corrected chi connectivity index (χ4v) is 3.20. The molecule has 0 unspecified atom stereocenters. The van der Waals surface area contributed by atoms with Gasteiger partial charge in [0.15, 0.2) is 5.96 Å². The average Bonchev–Trinajstić information content (AvgIpc) is 2.66. The van der Waals surface area contributed by atoms with Gasteiger partial charge >= 0.3 is 0 Å². The van der Waals surface area contributed by atoms with Gasteiger partial charge < -0.3 is 15.5 Å². The first-order valence-electron chi connectivity index (χ1n) is 10.1. The highest BCUT2D eigenvalue weighted by Gasteiger charge is 2.16. The lowest BCUT2D eigenvalue weighted by Gasteiger charge is -2.34. The van der Waals surface area contributed by atoms with Crippen molar-refractivity contribution >= 4 is 29.9 Å². The number of piperazine rings is 1. The van der Waals surface area contributed by atoms with Crippen LogP contribution in [0.15, 0.2) is 35.3 Å². The van der Waals surface area contributed by atoms with Crippen LogP contribution in [0, 0.1) is 5.92 Å². The smallest absolute Gasteiger partial charge is 0.190 e. The third kappa shape index (κ3) is 10.3. The number of aliphatic imine (C=N–C) groups is 1. The second-order valence-electron chi connectivity index (χ2n) is 7.58. The van der Waals surface area contributed by atoms with Crippen LogP contribution < -0.4 is 10.6 Å². The van der Waals surface area contributed by atoms with Gasteiger partial charge in [-0.25, -0.2) is 0 Å². The van der Waals surface area contributed by atoms with E-state index in [1.165, 1.54) is 51.1 Å². The second kappa shape index (κ2) is 14.2. The fourth-order valence-electron chi connectivity index (χ4n) is 3.20. The minimum atomic E-state index is 0. The molecule has 2 N–H and O–H groups in total. The number of hydrogen-bond acceptors (Lipinski definition) is 3. The van der Waals surface area contributed by atoms with Crippen molar-refractivity contribution in [1.82, 2.24) is 20.4 Å². The van der Waals surface area contributed by atoms with Gasteiger partial charge in [-0.05, 0) is 30.9 Å². The standard InChI is InChI=1S/C21H37N5.HI/c1-19(2)17-24-21(22-3)23-11-7-8-12-25-13-15-26(16-14-25)18-20-9-5-4-6-10-20;/h4-6,9-10,19H,7-8,11-18H2,1-3H3,(H2,22,23,24);1H. The lowest BCUT2D eigenvalue weighted by Crippen LogP contribution is -2.46. The van der Waals surface area contributed by atoms with E-state index in [2.05, 4.69) is 69.6 Å². The summed E-state index contributed by atoms with van der Waals surface area (Å²) in [5.41, 5.74) is 1.42. The predicted octanol–water partition coefficient (Wildman–Crippen LogP) is 3.02. The van der Waals surface area contributed by atoms with Crippen molar-refractivity contribution in [3.63, 3.8) is 0 Å². The maximum Gasteiger partial charge on any atom is 0.190 e. The molecule has 0 amide bonds. The fraction of sp³-hybridized carbons (Fsp3) is 0.667. The van der Waals surface area contributed by atoms with E-state index in [1.807, 2.05) is 7.05 Å². The zero-order chi connectivity index (χ0) is 18.6. The SMILES string of the molecule is CN=C(NCCCCN1CCN(Cc2ccccc2)CC1)NCC(C)C.I. The van der Waals surface area contributed by atoms with Crippen LogP contribution in [-0.2, 0) is 6.54 Å². The summed E-state index contributed by atoms with van der Waals surface area (Å²) in [5, 5.41) is 6.77. The van der Waals surface area contributed by atoms with E-state index in [1.54, 1.807) is 0 Å². The summed E-state index contributed by atoms with van der Waals surface area (Å²) in [7, 11) is 1.84. The van der Waals surface area contributed by atoms with E-state index < -0.39 is 0 Å². The van der Waals surface area contributed by atoms with Gasteiger partial charge in [-0.15, -0.1) is 24.0 Å². The first-order chi connectivity index (χ1) is 12.7. The first kappa shape index (κ1) is 24.2. The molecule has 1 aliphatic heterocycles. The van der Waals surface area contributed by atoms with Crippen molar-refractivity contribution in [3.05, 3.63) is 35.9 Å². The maximum atomic E-state index is 4.27. The molecule has 0 bridgehead atoms. The van der Waals surface area contributed by atoms with Crippen molar-refractivity contribution in [3.8, 4) is 0 Å². The van der Waals surface area contributed by atoms with Crippen molar-refractivity contribution < 1.29 is 0 Å². The molecular weight excluding hydrogens is 449 g/mol. The summed E-state index contributed by atoms with van der Waals surface area (Å²) in [6, 6.07) is 10.8. The molecule has 1 aromatic carbocycles. The van der Waals surface area contributed by atoms with Crippen LogP contribution in [0.4, 0.5) is 0 Å². The number of guanidine groups is 1. The molecule has 154 valence electrons. The third-order valence-corrected chi connectivity index (χ3v) is 4.81. The highest BCUT2D eigenvalue weighted by Crippen LogP contribution is 2.08. The molecule has 0 aliphatic carbocycles. The van der Waals surface area contributed by atoms with Crippen molar-refractivity contribution in [2.24, 2.45) is 10.9 Å². The van der Waals surface area contributed by atoms with Gasteiger partial charge in [0.25, 0.3) is 0 Å². The molecule has 1 saturated heterocycles. The summed E-state index contributed by atoms with van der Waals surface area (Å²) < 4.78 is 0. The monoisotopic (exact) mass is 487 g/mol. The Hall–Kier alpha value is -0.860. The van der Waals surface area contributed by atoms with Crippen LogP contribution >= 0.6 is 24.0 Å². The van der Waals surface area contributed by atoms with Gasteiger partial charge in [-0.1, -0.05) is 44.2 Å². The van der Waals surface area contributed by atoms with Crippen molar-refractivity contribution in [2.75, 3.05) is 52.9 Å². The number of hydrogen-bond donors (Lipinski definition) is 2. The van der Waals surface area contributed by atoms with Gasteiger partial charge in [-0.3, -0.25) is 9.89 Å². The van der Waals surface area contributed by atoms with Gasteiger partial charge in [0, 0.05) is 52.9 Å². The largest absolute Gasteiger partial charge is 0.356 e. The summed E-state index contributed by atoms with van der Waals surface area (Å²) in [4.78, 5) is 9.44. The van der Waals surface area contributed by atoms with Crippen molar-refractivity contribution in [1.29, 1.82) is 0 Å². The van der Waals surface area contributed by atoms with E-state index in [4.69, 9.17) is 0 Å². The maximum absolute atomic E-state index is 4.27. The molecule has 6 heteroatoms. The summed E-state index contributed by atoms with van der Waals surface area (Å²) in [6.45, 7) is 13.4. The number of nitrogens with one attached hydrogen (secondary N) is 2. The van der Waals surface area contributed by atoms with Gasteiger partial charge in [0.1, 0.15) is 0 Å². The summed E-state index contributed by atoms with van der Waals surface area (Å²) >= 11 is 0. The Morgan fingerprint density at radius 3 is 2.30 bits per heavy atom. The number of rotatable bonds is 9. The molecule has 0 saturated carbocycles. The Morgan fingerprint density at radius 2 is 1.67 bits per heavy atom. The normalized spacial score (nSPS) is 16.2. The quantitative estimate of drug-likeness (QED) is 0.243. The summed E-state index contributed by atoms with van der Waals surface area (Å²) in [5.74, 6) is 1.56. The molecule has 27 heavy (non-hydrogen) atoms. The predicted molar refractivity (Wildman–Crippen MR) is 127 cm³/mol. The van der Waals surface area contributed by atoms with E-state index in [0.29, 0.717) is 5.92 Å². The molecule has 1 fully saturated rings. The Labute approximate surface area is 183 Å². The molecule has 1 heterocycles. The van der Waals surface area contributed by atoms with Gasteiger partial charge in [-0.2, -0.15) is 0 Å². The van der Waals surface area contributed by atoms with E-state index in [-0.39, 0.29) is 24.0 Å². The van der Waals surface area contributed by atoms with Crippen LogP contribution in [0.3, 0.4) is 0 Å². The topological polar surface area (TPSA) is 42.9 Å².